The second-order valence-corrected chi connectivity index (χ2v) is 8.30. The van der Waals surface area contributed by atoms with Crippen molar-refractivity contribution in [3.8, 4) is 0 Å². The van der Waals surface area contributed by atoms with E-state index in [2.05, 4.69) is 5.32 Å². The standard InChI is InChI=1S/C24H26F3N3O2/c1-29(22-9-10-28-13-21(22)27)23(32)30-14-16(19-11-18(25)7-8-20(19)26)12-24(30,15-31)17-5-3-2-4-6-17/h2-8,11-12,21-22,28,31H,9-10,13-15H2,1H3/t21-,22+,24+/m0/s1. The molecule has 5 nitrogen and oxygen atoms in total. The third kappa shape index (κ3) is 3.89. The van der Waals surface area contributed by atoms with Crippen molar-refractivity contribution >= 4 is 11.6 Å². The molecule has 0 spiro atoms. The Bertz CT molecular complexity index is 1020. The molecule has 0 radical (unpaired) electrons. The third-order valence-corrected chi connectivity index (χ3v) is 6.42. The third-order valence-electron chi connectivity index (χ3n) is 6.42. The average Bonchev–Trinajstić information content (AvgIpc) is 3.21. The zero-order chi connectivity index (χ0) is 22.9. The normalized spacial score (nSPS) is 25.5. The van der Waals surface area contributed by atoms with Crippen molar-refractivity contribution in [1.29, 1.82) is 0 Å². The zero-order valence-electron chi connectivity index (χ0n) is 17.8. The first-order valence-electron chi connectivity index (χ1n) is 10.6. The van der Waals surface area contributed by atoms with Crippen LogP contribution in [0.1, 0.15) is 17.5 Å². The van der Waals surface area contributed by atoms with E-state index < -0.39 is 42.0 Å². The summed E-state index contributed by atoms with van der Waals surface area (Å²) < 4.78 is 43.0. The van der Waals surface area contributed by atoms with Gasteiger partial charge >= 0.3 is 6.03 Å². The molecule has 1 fully saturated rings. The van der Waals surface area contributed by atoms with Gasteiger partial charge in [-0.2, -0.15) is 0 Å². The summed E-state index contributed by atoms with van der Waals surface area (Å²) in [6.07, 6.45) is 0.836. The fourth-order valence-corrected chi connectivity index (χ4v) is 4.63. The van der Waals surface area contributed by atoms with Crippen LogP contribution in [0, 0.1) is 11.6 Å². The largest absolute Gasteiger partial charge is 0.393 e. The van der Waals surface area contributed by atoms with Crippen molar-refractivity contribution in [2.45, 2.75) is 24.2 Å². The van der Waals surface area contributed by atoms with Crippen molar-refractivity contribution in [3.05, 3.63) is 77.4 Å². The van der Waals surface area contributed by atoms with Gasteiger partial charge in [0.2, 0.25) is 0 Å². The number of carbonyl (C=O) groups excluding carboxylic acids is 1. The summed E-state index contributed by atoms with van der Waals surface area (Å²) in [7, 11) is 1.54. The van der Waals surface area contributed by atoms with E-state index >= 15 is 0 Å². The quantitative estimate of drug-likeness (QED) is 0.760. The van der Waals surface area contributed by atoms with Crippen LogP contribution in [0.2, 0.25) is 0 Å². The summed E-state index contributed by atoms with van der Waals surface area (Å²) in [5.41, 5.74) is -0.261. The molecule has 4 rings (SSSR count). The molecule has 170 valence electrons. The Morgan fingerprint density at radius 1 is 1.25 bits per heavy atom. The van der Waals surface area contributed by atoms with Crippen LogP contribution in [0.25, 0.3) is 5.57 Å². The minimum atomic E-state index is -1.29. The molecule has 2 aliphatic rings. The van der Waals surface area contributed by atoms with Gasteiger partial charge in [0.25, 0.3) is 0 Å². The van der Waals surface area contributed by atoms with Crippen LogP contribution >= 0.6 is 0 Å². The molecule has 2 aromatic rings. The van der Waals surface area contributed by atoms with Crippen molar-refractivity contribution in [1.82, 2.24) is 15.1 Å². The van der Waals surface area contributed by atoms with E-state index in [1.165, 1.54) is 9.80 Å². The second kappa shape index (κ2) is 8.96. The SMILES string of the molecule is CN(C(=O)N1CC(c2cc(F)ccc2F)=C[C@@]1(CO)c1ccccc1)[C@@H]1CCNC[C@@H]1F. The molecule has 2 heterocycles. The summed E-state index contributed by atoms with van der Waals surface area (Å²) in [5.74, 6) is -1.23. The maximum atomic E-state index is 14.6. The Hall–Kier alpha value is -2.84. The van der Waals surface area contributed by atoms with E-state index in [1.54, 1.807) is 43.5 Å². The topological polar surface area (TPSA) is 55.8 Å². The number of amides is 2. The number of carbonyl (C=O) groups is 1. The number of nitrogens with zero attached hydrogens (tertiary/aromatic N) is 2. The number of halogens is 3. The molecule has 2 aliphatic heterocycles. The molecule has 0 unspecified atom stereocenters. The van der Waals surface area contributed by atoms with E-state index in [4.69, 9.17) is 0 Å². The van der Waals surface area contributed by atoms with Crippen LogP contribution in [-0.2, 0) is 5.54 Å². The average molecular weight is 445 g/mol. The van der Waals surface area contributed by atoms with E-state index in [0.717, 1.165) is 18.2 Å². The number of hydrogen-bond acceptors (Lipinski definition) is 3. The first-order valence-corrected chi connectivity index (χ1v) is 10.6. The van der Waals surface area contributed by atoms with Gasteiger partial charge in [-0.25, -0.2) is 18.0 Å². The van der Waals surface area contributed by atoms with Gasteiger partial charge in [-0.05, 0) is 48.4 Å². The van der Waals surface area contributed by atoms with Crippen LogP contribution in [0.4, 0.5) is 18.0 Å². The number of aliphatic hydroxyl groups is 1. The van der Waals surface area contributed by atoms with Gasteiger partial charge in [-0.15, -0.1) is 0 Å². The first kappa shape index (κ1) is 22.4. The number of rotatable bonds is 4. The molecule has 0 saturated carbocycles. The van der Waals surface area contributed by atoms with Crippen LogP contribution in [0.3, 0.4) is 0 Å². The molecule has 2 amide bonds. The summed E-state index contributed by atoms with van der Waals surface area (Å²) in [6, 6.07) is 10.9. The molecular formula is C24H26F3N3O2. The van der Waals surface area contributed by atoms with E-state index in [9.17, 15) is 23.1 Å². The van der Waals surface area contributed by atoms with Crippen molar-refractivity contribution < 1.29 is 23.1 Å². The lowest BCUT2D eigenvalue weighted by Gasteiger charge is -2.42. The highest BCUT2D eigenvalue weighted by Gasteiger charge is 2.47. The Kier molecular flexibility index (Phi) is 6.26. The molecule has 0 aliphatic carbocycles. The highest BCUT2D eigenvalue weighted by molar-refractivity contribution is 5.83. The molecule has 8 heteroatoms. The molecule has 2 N–H and O–H groups in total. The summed E-state index contributed by atoms with van der Waals surface area (Å²) in [4.78, 5) is 16.4. The summed E-state index contributed by atoms with van der Waals surface area (Å²) in [6.45, 7) is 0.220. The van der Waals surface area contributed by atoms with Crippen molar-refractivity contribution in [2.24, 2.45) is 0 Å². The molecule has 0 aromatic heterocycles. The fourth-order valence-electron chi connectivity index (χ4n) is 4.63. The summed E-state index contributed by atoms with van der Waals surface area (Å²) in [5, 5.41) is 13.5. The van der Waals surface area contributed by atoms with Crippen molar-refractivity contribution in [3.63, 3.8) is 0 Å². The number of aliphatic hydroxyl groups excluding tert-OH is 1. The summed E-state index contributed by atoms with van der Waals surface area (Å²) >= 11 is 0. The van der Waals surface area contributed by atoms with Crippen LogP contribution in [0.15, 0.2) is 54.6 Å². The van der Waals surface area contributed by atoms with Crippen LogP contribution in [-0.4, -0.2) is 66.4 Å². The molecule has 32 heavy (non-hydrogen) atoms. The first-order chi connectivity index (χ1) is 15.4. The fraction of sp³-hybridized carbons (Fsp3) is 0.375. The van der Waals surface area contributed by atoms with Crippen molar-refractivity contribution in [2.75, 3.05) is 33.3 Å². The van der Waals surface area contributed by atoms with Gasteiger partial charge in [-0.1, -0.05) is 30.3 Å². The molecule has 1 saturated heterocycles. The molecule has 3 atom stereocenters. The lowest BCUT2D eigenvalue weighted by molar-refractivity contribution is 0.0600. The predicted molar refractivity (Wildman–Crippen MR) is 116 cm³/mol. The molecule has 0 bridgehead atoms. The minimum absolute atomic E-state index is 0.0296. The van der Waals surface area contributed by atoms with Gasteiger partial charge in [0, 0.05) is 25.7 Å². The number of benzene rings is 2. The minimum Gasteiger partial charge on any atom is -0.393 e. The zero-order valence-corrected chi connectivity index (χ0v) is 17.8. The highest BCUT2D eigenvalue weighted by atomic mass is 19.1. The Morgan fingerprint density at radius 3 is 2.69 bits per heavy atom. The van der Waals surface area contributed by atoms with Crippen LogP contribution in [0.5, 0.6) is 0 Å². The monoisotopic (exact) mass is 445 g/mol. The molecule has 2 aromatic carbocycles. The Labute approximate surface area is 185 Å². The van der Waals surface area contributed by atoms with Gasteiger partial charge in [0.1, 0.15) is 23.3 Å². The maximum absolute atomic E-state index is 14.6. The lowest BCUT2D eigenvalue weighted by Crippen LogP contribution is -2.58. The van der Waals surface area contributed by atoms with Gasteiger partial charge in [0.05, 0.1) is 12.6 Å². The lowest BCUT2D eigenvalue weighted by atomic mass is 9.89. The van der Waals surface area contributed by atoms with Crippen LogP contribution < -0.4 is 5.32 Å². The maximum Gasteiger partial charge on any atom is 0.321 e. The van der Waals surface area contributed by atoms with E-state index in [1.807, 2.05) is 0 Å². The molecular weight excluding hydrogens is 419 g/mol. The van der Waals surface area contributed by atoms with E-state index in [0.29, 0.717) is 24.1 Å². The number of urea groups is 1. The predicted octanol–water partition coefficient (Wildman–Crippen LogP) is 3.30. The van der Waals surface area contributed by atoms with E-state index in [-0.39, 0.29) is 18.7 Å². The number of alkyl halides is 1. The number of hydrogen-bond donors (Lipinski definition) is 2. The van der Waals surface area contributed by atoms with Gasteiger partial charge in [0.15, 0.2) is 0 Å². The second-order valence-electron chi connectivity index (χ2n) is 8.30. The van der Waals surface area contributed by atoms with Gasteiger partial charge in [-0.3, -0.25) is 0 Å². The smallest absolute Gasteiger partial charge is 0.321 e. The number of piperidine rings is 1. The number of nitrogens with one attached hydrogen (secondary N) is 1. The highest BCUT2D eigenvalue weighted by Crippen LogP contribution is 2.41. The van der Waals surface area contributed by atoms with Gasteiger partial charge < -0.3 is 20.2 Å². The Morgan fingerprint density at radius 2 is 2.00 bits per heavy atom. The Balaban J connectivity index is 1.77.